The van der Waals surface area contributed by atoms with Crippen molar-refractivity contribution in [3.8, 4) is 11.5 Å². The Morgan fingerprint density at radius 1 is 1.05 bits per heavy atom. The van der Waals surface area contributed by atoms with Gasteiger partial charge in [-0.2, -0.15) is 0 Å². The highest BCUT2D eigenvalue weighted by Gasteiger charge is 2.08. The van der Waals surface area contributed by atoms with Gasteiger partial charge in [-0.3, -0.25) is 0 Å². The second kappa shape index (κ2) is 8.90. The zero-order chi connectivity index (χ0) is 14.9. The van der Waals surface area contributed by atoms with Crippen molar-refractivity contribution >= 4 is 0 Å². The SMILES string of the molecule is COc1ccc(CNCCN2CCCCCC2)c(OC)c1. The molecule has 1 aliphatic rings. The lowest BCUT2D eigenvalue weighted by atomic mass is 10.2. The Morgan fingerprint density at radius 3 is 2.48 bits per heavy atom. The van der Waals surface area contributed by atoms with Crippen LogP contribution < -0.4 is 14.8 Å². The molecule has 1 aliphatic heterocycles. The summed E-state index contributed by atoms with van der Waals surface area (Å²) >= 11 is 0. The number of nitrogens with one attached hydrogen (secondary N) is 1. The monoisotopic (exact) mass is 292 g/mol. The third-order valence-corrected chi connectivity index (χ3v) is 4.11. The highest BCUT2D eigenvalue weighted by Crippen LogP contribution is 2.24. The van der Waals surface area contributed by atoms with Crippen molar-refractivity contribution in [2.45, 2.75) is 32.2 Å². The minimum absolute atomic E-state index is 0.833. The lowest BCUT2D eigenvalue weighted by Crippen LogP contribution is -2.32. The van der Waals surface area contributed by atoms with Crippen molar-refractivity contribution in [1.29, 1.82) is 0 Å². The van der Waals surface area contributed by atoms with Crippen LogP contribution in [0.5, 0.6) is 11.5 Å². The van der Waals surface area contributed by atoms with Crippen molar-refractivity contribution in [1.82, 2.24) is 10.2 Å². The highest BCUT2D eigenvalue weighted by molar-refractivity contribution is 5.40. The van der Waals surface area contributed by atoms with E-state index in [-0.39, 0.29) is 0 Å². The van der Waals surface area contributed by atoms with Gasteiger partial charge in [-0.05, 0) is 32.0 Å². The minimum atomic E-state index is 0.833. The van der Waals surface area contributed by atoms with Gasteiger partial charge in [0.05, 0.1) is 14.2 Å². The number of likely N-dealkylation sites (tertiary alicyclic amines) is 1. The van der Waals surface area contributed by atoms with E-state index < -0.39 is 0 Å². The van der Waals surface area contributed by atoms with Crippen molar-refractivity contribution in [2.75, 3.05) is 40.4 Å². The quantitative estimate of drug-likeness (QED) is 0.783. The van der Waals surface area contributed by atoms with Gasteiger partial charge in [-0.25, -0.2) is 0 Å². The molecule has 21 heavy (non-hydrogen) atoms. The fourth-order valence-corrected chi connectivity index (χ4v) is 2.82. The van der Waals surface area contributed by atoms with E-state index in [0.717, 1.165) is 31.1 Å². The normalized spacial score (nSPS) is 16.5. The van der Waals surface area contributed by atoms with Crippen LogP contribution in [0.4, 0.5) is 0 Å². The summed E-state index contributed by atoms with van der Waals surface area (Å²) in [5, 5.41) is 3.52. The first kappa shape index (κ1) is 16.1. The van der Waals surface area contributed by atoms with Crippen molar-refractivity contribution in [3.05, 3.63) is 23.8 Å². The molecule has 2 rings (SSSR count). The number of benzene rings is 1. The van der Waals surface area contributed by atoms with Gasteiger partial charge < -0.3 is 19.7 Å². The molecule has 0 spiro atoms. The van der Waals surface area contributed by atoms with E-state index in [0.29, 0.717) is 0 Å². The first-order chi connectivity index (χ1) is 10.3. The number of nitrogens with zero attached hydrogens (tertiary/aromatic N) is 1. The molecule has 1 fully saturated rings. The summed E-state index contributed by atoms with van der Waals surface area (Å²) in [7, 11) is 3.38. The van der Waals surface area contributed by atoms with Crippen LogP contribution >= 0.6 is 0 Å². The summed E-state index contributed by atoms with van der Waals surface area (Å²) in [5.74, 6) is 1.72. The third kappa shape index (κ3) is 5.21. The molecular formula is C17H28N2O2. The molecule has 0 saturated carbocycles. The summed E-state index contributed by atoms with van der Waals surface area (Å²) in [6.45, 7) is 5.51. The second-order valence-corrected chi connectivity index (χ2v) is 5.61. The van der Waals surface area contributed by atoms with E-state index in [9.17, 15) is 0 Å². The lowest BCUT2D eigenvalue weighted by Gasteiger charge is -2.20. The van der Waals surface area contributed by atoms with Crippen LogP contribution in [0.3, 0.4) is 0 Å². The minimum Gasteiger partial charge on any atom is -0.497 e. The molecule has 0 aromatic heterocycles. The maximum Gasteiger partial charge on any atom is 0.127 e. The average Bonchev–Trinajstić information content (AvgIpc) is 2.80. The van der Waals surface area contributed by atoms with Gasteiger partial charge in [0.1, 0.15) is 11.5 Å². The van der Waals surface area contributed by atoms with Gasteiger partial charge in [0.25, 0.3) is 0 Å². The van der Waals surface area contributed by atoms with Crippen LogP contribution in [0, 0.1) is 0 Å². The Balaban J connectivity index is 1.75. The standard InChI is InChI=1S/C17H28N2O2/c1-20-16-8-7-15(17(13-16)21-2)14-18-9-12-19-10-5-3-4-6-11-19/h7-8,13,18H,3-6,9-12,14H2,1-2H3. The van der Waals surface area contributed by atoms with E-state index in [2.05, 4.69) is 16.3 Å². The maximum absolute atomic E-state index is 5.42. The van der Waals surface area contributed by atoms with Crippen LogP contribution in [0.1, 0.15) is 31.2 Å². The van der Waals surface area contributed by atoms with Gasteiger partial charge in [-0.15, -0.1) is 0 Å². The molecule has 4 heteroatoms. The van der Waals surface area contributed by atoms with Crippen LogP contribution in [0.2, 0.25) is 0 Å². The van der Waals surface area contributed by atoms with Crippen LogP contribution in [0.15, 0.2) is 18.2 Å². The third-order valence-electron chi connectivity index (χ3n) is 4.11. The Bertz CT molecular complexity index is 415. The largest absolute Gasteiger partial charge is 0.497 e. The Kier molecular flexibility index (Phi) is 6.83. The average molecular weight is 292 g/mol. The molecule has 1 heterocycles. The smallest absolute Gasteiger partial charge is 0.127 e. The fraction of sp³-hybridized carbons (Fsp3) is 0.647. The molecule has 0 radical (unpaired) electrons. The fourth-order valence-electron chi connectivity index (χ4n) is 2.82. The summed E-state index contributed by atoms with van der Waals surface area (Å²) in [5.41, 5.74) is 1.18. The predicted octanol–water partition coefficient (Wildman–Crippen LogP) is 2.67. The molecule has 0 amide bonds. The summed E-state index contributed by atoms with van der Waals surface area (Å²) in [6.07, 6.45) is 5.50. The molecule has 0 atom stereocenters. The molecule has 118 valence electrons. The molecule has 0 bridgehead atoms. The van der Waals surface area contributed by atoms with Crippen LogP contribution in [0.25, 0.3) is 0 Å². The van der Waals surface area contributed by atoms with Crippen LogP contribution in [-0.2, 0) is 6.54 Å². The van der Waals surface area contributed by atoms with Crippen LogP contribution in [-0.4, -0.2) is 45.3 Å². The first-order valence-electron chi connectivity index (χ1n) is 7.97. The zero-order valence-corrected chi connectivity index (χ0v) is 13.4. The molecule has 1 aromatic rings. The van der Waals surface area contributed by atoms with E-state index >= 15 is 0 Å². The lowest BCUT2D eigenvalue weighted by molar-refractivity contribution is 0.284. The molecule has 1 aromatic carbocycles. The Hall–Kier alpha value is -1.26. The number of ether oxygens (including phenoxy) is 2. The Labute approximate surface area is 128 Å². The summed E-state index contributed by atoms with van der Waals surface area (Å²) < 4.78 is 10.6. The summed E-state index contributed by atoms with van der Waals surface area (Å²) in [4.78, 5) is 2.57. The predicted molar refractivity (Wildman–Crippen MR) is 86.2 cm³/mol. The highest BCUT2D eigenvalue weighted by atomic mass is 16.5. The number of rotatable bonds is 7. The van der Waals surface area contributed by atoms with Crippen molar-refractivity contribution in [3.63, 3.8) is 0 Å². The van der Waals surface area contributed by atoms with E-state index in [1.807, 2.05) is 12.1 Å². The van der Waals surface area contributed by atoms with Gasteiger partial charge in [0, 0.05) is 31.3 Å². The van der Waals surface area contributed by atoms with Crippen molar-refractivity contribution in [2.24, 2.45) is 0 Å². The maximum atomic E-state index is 5.42. The molecule has 4 nitrogen and oxygen atoms in total. The van der Waals surface area contributed by atoms with Crippen molar-refractivity contribution < 1.29 is 9.47 Å². The van der Waals surface area contributed by atoms with E-state index in [1.54, 1.807) is 14.2 Å². The number of methoxy groups -OCH3 is 2. The zero-order valence-electron chi connectivity index (χ0n) is 13.4. The number of hydrogen-bond donors (Lipinski definition) is 1. The van der Waals surface area contributed by atoms with Gasteiger partial charge in [-0.1, -0.05) is 18.9 Å². The van der Waals surface area contributed by atoms with Gasteiger partial charge in [0.2, 0.25) is 0 Å². The first-order valence-corrected chi connectivity index (χ1v) is 7.97. The Morgan fingerprint density at radius 2 is 1.81 bits per heavy atom. The second-order valence-electron chi connectivity index (χ2n) is 5.61. The van der Waals surface area contributed by atoms with Gasteiger partial charge in [0.15, 0.2) is 0 Å². The number of hydrogen-bond acceptors (Lipinski definition) is 4. The molecule has 0 unspecified atom stereocenters. The van der Waals surface area contributed by atoms with E-state index in [1.165, 1.54) is 44.3 Å². The topological polar surface area (TPSA) is 33.7 Å². The molecule has 0 aliphatic carbocycles. The van der Waals surface area contributed by atoms with E-state index in [4.69, 9.17) is 9.47 Å². The molecule has 1 saturated heterocycles. The summed E-state index contributed by atoms with van der Waals surface area (Å²) in [6, 6.07) is 5.98. The van der Waals surface area contributed by atoms with Gasteiger partial charge >= 0.3 is 0 Å². The molecule has 1 N–H and O–H groups in total. The molecular weight excluding hydrogens is 264 g/mol.